The summed E-state index contributed by atoms with van der Waals surface area (Å²) >= 11 is 6.17. The molecule has 0 aliphatic heterocycles. The van der Waals surface area contributed by atoms with E-state index in [9.17, 15) is 4.79 Å². The van der Waals surface area contributed by atoms with Crippen LogP contribution in [-0.2, 0) is 0 Å². The maximum absolute atomic E-state index is 12.5. The number of hydrogen-bond donors (Lipinski definition) is 1. The molecule has 3 aromatic rings. The normalized spacial score (nSPS) is 10.2. The van der Waals surface area contributed by atoms with Crippen LogP contribution in [0.15, 0.2) is 48.5 Å². The number of hydrogen-bond acceptors (Lipinski definition) is 3. The first-order chi connectivity index (χ1) is 11.6. The Morgan fingerprint density at radius 1 is 1.25 bits per heavy atom. The van der Waals surface area contributed by atoms with Crippen LogP contribution in [0, 0.1) is 19.3 Å². The molecule has 0 unspecified atom stereocenters. The number of benzene rings is 2. The summed E-state index contributed by atoms with van der Waals surface area (Å²) in [6.07, 6.45) is 5.37. The van der Waals surface area contributed by atoms with Gasteiger partial charge in [-0.2, -0.15) is 0 Å². The highest BCUT2D eigenvalue weighted by molar-refractivity contribution is 6.32. The molecule has 1 N–H and O–H groups in total. The van der Waals surface area contributed by atoms with Crippen molar-refractivity contribution in [2.75, 3.05) is 5.32 Å². The number of carbonyl (C=O) groups excluding carboxylic acids is 1. The zero-order valence-corrected chi connectivity index (χ0v) is 13.6. The van der Waals surface area contributed by atoms with Crippen molar-refractivity contribution < 1.29 is 4.79 Å². The average molecular weight is 337 g/mol. The number of terminal acetylenes is 1. The molecule has 0 radical (unpaired) electrons. The number of aromatic nitrogens is 3. The van der Waals surface area contributed by atoms with Crippen LogP contribution in [0.3, 0.4) is 0 Å². The van der Waals surface area contributed by atoms with Gasteiger partial charge >= 0.3 is 0 Å². The van der Waals surface area contributed by atoms with E-state index in [-0.39, 0.29) is 11.6 Å². The van der Waals surface area contributed by atoms with Crippen LogP contribution >= 0.6 is 11.6 Å². The Hall–Kier alpha value is -3.10. The second kappa shape index (κ2) is 6.57. The number of nitrogens with zero attached hydrogens (tertiary/aromatic N) is 3. The molecule has 0 saturated carbocycles. The van der Waals surface area contributed by atoms with Gasteiger partial charge in [-0.1, -0.05) is 40.9 Å². The number of carbonyl (C=O) groups is 1. The van der Waals surface area contributed by atoms with Crippen molar-refractivity contribution >= 4 is 23.2 Å². The SMILES string of the molecule is C#Cc1cccc(NC(=O)c2nnn(-c3ccccc3Cl)c2C)c1. The molecule has 2 aromatic carbocycles. The Morgan fingerprint density at radius 2 is 2.04 bits per heavy atom. The van der Waals surface area contributed by atoms with Crippen LogP contribution in [0.5, 0.6) is 0 Å². The lowest BCUT2D eigenvalue weighted by Crippen LogP contribution is -2.14. The Labute approximate surface area is 144 Å². The summed E-state index contributed by atoms with van der Waals surface area (Å²) in [5, 5.41) is 11.3. The van der Waals surface area contributed by atoms with Gasteiger partial charge in [-0.15, -0.1) is 11.5 Å². The molecule has 0 aliphatic carbocycles. The predicted octanol–water partition coefficient (Wildman–Crippen LogP) is 3.46. The monoisotopic (exact) mass is 336 g/mol. The number of amides is 1. The first-order valence-electron chi connectivity index (χ1n) is 7.15. The molecule has 0 spiro atoms. The summed E-state index contributed by atoms with van der Waals surface area (Å²) in [5.41, 5.74) is 2.76. The van der Waals surface area contributed by atoms with Crippen LogP contribution in [0.4, 0.5) is 5.69 Å². The van der Waals surface area contributed by atoms with E-state index in [4.69, 9.17) is 18.0 Å². The van der Waals surface area contributed by atoms with Gasteiger partial charge in [0.1, 0.15) is 0 Å². The van der Waals surface area contributed by atoms with Crippen molar-refractivity contribution in [2.24, 2.45) is 0 Å². The van der Waals surface area contributed by atoms with Crippen LogP contribution in [0.2, 0.25) is 5.02 Å². The minimum Gasteiger partial charge on any atom is -0.320 e. The van der Waals surface area contributed by atoms with E-state index < -0.39 is 0 Å². The van der Waals surface area contributed by atoms with Gasteiger partial charge in [-0.25, -0.2) is 4.68 Å². The standard InChI is InChI=1S/C18H13ClN4O/c1-3-13-7-6-8-14(11-13)20-18(24)17-12(2)23(22-21-17)16-10-5-4-9-15(16)19/h1,4-11H,2H3,(H,20,24). The van der Waals surface area contributed by atoms with E-state index in [1.54, 1.807) is 37.3 Å². The molecule has 1 aromatic heterocycles. The number of anilines is 1. The second-order valence-corrected chi connectivity index (χ2v) is 5.47. The van der Waals surface area contributed by atoms with Gasteiger partial charge in [0.15, 0.2) is 5.69 Å². The van der Waals surface area contributed by atoms with Crippen LogP contribution in [0.25, 0.3) is 5.69 Å². The van der Waals surface area contributed by atoms with Gasteiger partial charge in [-0.05, 0) is 37.3 Å². The molecule has 1 amide bonds. The van der Waals surface area contributed by atoms with Crippen molar-refractivity contribution in [3.05, 3.63) is 70.5 Å². The van der Waals surface area contributed by atoms with Gasteiger partial charge in [0, 0.05) is 11.3 Å². The summed E-state index contributed by atoms with van der Waals surface area (Å²) in [6, 6.07) is 14.3. The summed E-state index contributed by atoms with van der Waals surface area (Å²) in [4.78, 5) is 12.5. The highest BCUT2D eigenvalue weighted by Crippen LogP contribution is 2.21. The summed E-state index contributed by atoms with van der Waals surface area (Å²) < 4.78 is 1.54. The maximum Gasteiger partial charge on any atom is 0.278 e. The molecule has 0 atom stereocenters. The molecule has 1 heterocycles. The molecular formula is C18H13ClN4O. The van der Waals surface area contributed by atoms with Gasteiger partial charge in [0.25, 0.3) is 5.91 Å². The summed E-state index contributed by atoms with van der Waals surface area (Å²) in [5.74, 6) is 2.16. The molecule has 24 heavy (non-hydrogen) atoms. The van der Waals surface area contributed by atoms with Gasteiger partial charge in [-0.3, -0.25) is 4.79 Å². The Kier molecular flexibility index (Phi) is 4.32. The number of rotatable bonds is 3. The molecule has 0 saturated heterocycles. The van der Waals surface area contributed by atoms with Gasteiger partial charge < -0.3 is 5.32 Å². The van der Waals surface area contributed by atoms with E-state index in [1.165, 1.54) is 4.68 Å². The van der Waals surface area contributed by atoms with Crippen LogP contribution in [0.1, 0.15) is 21.7 Å². The molecule has 3 rings (SSSR count). The maximum atomic E-state index is 12.5. The van der Waals surface area contributed by atoms with Crippen molar-refractivity contribution in [2.45, 2.75) is 6.92 Å². The lowest BCUT2D eigenvalue weighted by molar-refractivity contribution is 0.102. The average Bonchev–Trinajstić information content (AvgIpc) is 2.97. The quantitative estimate of drug-likeness (QED) is 0.745. The summed E-state index contributed by atoms with van der Waals surface area (Å²) in [6.45, 7) is 1.76. The van der Waals surface area contributed by atoms with Crippen molar-refractivity contribution in [3.63, 3.8) is 0 Å². The van der Waals surface area contributed by atoms with Gasteiger partial charge in [0.05, 0.1) is 16.4 Å². The zero-order valence-electron chi connectivity index (χ0n) is 12.8. The van der Waals surface area contributed by atoms with E-state index in [1.807, 2.05) is 18.2 Å². The number of para-hydroxylation sites is 1. The minimum atomic E-state index is -0.361. The van der Waals surface area contributed by atoms with Crippen LogP contribution in [-0.4, -0.2) is 20.9 Å². The Morgan fingerprint density at radius 3 is 2.79 bits per heavy atom. The second-order valence-electron chi connectivity index (χ2n) is 5.07. The molecule has 0 fully saturated rings. The first kappa shape index (κ1) is 15.8. The predicted molar refractivity (Wildman–Crippen MR) is 93.4 cm³/mol. The zero-order chi connectivity index (χ0) is 17.1. The van der Waals surface area contributed by atoms with E-state index in [0.29, 0.717) is 27.7 Å². The number of nitrogens with one attached hydrogen (secondary N) is 1. The molecular weight excluding hydrogens is 324 g/mol. The first-order valence-corrected chi connectivity index (χ1v) is 7.53. The fourth-order valence-electron chi connectivity index (χ4n) is 2.27. The summed E-state index contributed by atoms with van der Waals surface area (Å²) in [7, 11) is 0. The highest BCUT2D eigenvalue weighted by Gasteiger charge is 2.18. The third-order valence-corrected chi connectivity index (χ3v) is 3.80. The van der Waals surface area contributed by atoms with Crippen molar-refractivity contribution in [1.82, 2.24) is 15.0 Å². The minimum absolute atomic E-state index is 0.223. The lowest BCUT2D eigenvalue weighted by Gasteiger charge is -2.06. The molecule has 5 nitrogen and oxygen atoms in total. The largest absolute Gasteiger partial charge is 0.320 e. The Balaban J connectivity index is 1.89. The smallest absolute Gasteiger partial charge is 0.278 e. The lowest BCUT2D eigenvalue weighted by atomic mass is 10.2. The fraction of sp³-hybridized carbons (Fsp3) is 0.0556. The van der Waals surface area contributed by atoms with Crippen molar-refractivity contribution in [1.29, 1.82) is 0 Å². The third-order valence-electron chi connectivity index (χ3n) is 3.48. The molecule has 118 valence electrons. The molecule has 6 heteroatoms. The van der Waals surface area contributed by atoms with Gasteiger partial charge in [0.2, 0.25) is 0 Å². The van der Waals surface area contributed by atoms with E-state index >= 15 is 0 Å². The number of halogens is 1. The van der Waals surface area contributed by atoms with Crippen molar-refractivity contribution in [3.8, 4) is 18.0 Å². The topological polar surface area (TPSA) is 59.8 Å². The fourth-order valence-corrected chi connectivity index (χ4v) is 2.48. The molecule has 0 bridgehead atoms. The van der Waals surface area contributed by atoms with E-state index in [2.05, 4.69) is 21.5 Å². The van der Waals surface area contributed by atoms with E-state index in [0.717, 1.165) is 0 Å². The highest BCUT2D eigenvalue weighted by atomic mass is 35.5. The Bertz CT molecular complexity index is 956. The van der Waals surface area contributed by atoms with Crippen LogP contribution < -0.4 is 5.32 Å². The third kappa shape index (κ3) is 3.00. The molecule has 0 aliphatic rings.